The van der Waals surface area contributed by atoms with Crippen LogP contribution in [-0.2, 0) is 28.8 Å². The maximum atomic E-state index is 13.0. The molecule has 7 rings (SSSR count). The number of hydrogen-bond donors (Lipinski definition) is 1. The lowest BCUT2D eigenvalue weighted by molar-refractivity contribution is 0.0467. The molecule has 0 aliphatic heterocycles. The molecule has 1 N–H and O–H groups in total. The summed E-state index contributed by atoms with van der Waals surface area (Å²) in [6.45, 7) is 7.83. The van der Waals surface area contributed by atoms with E-state index in [4.69, 9.17) is 15.0 Å². The number of esters is 1. The Morgan fingerprint density at radius 1 is 0.722 bits per heavy atom. The first-order chi connectivity index (χ1) is 26.3. The van der Waals surface area contributed by atoms with E-state index in [2.05, 4.69) is 89.9 Å². The molecule has 0 bridgehead atoms. The molecular weight excluding hydrogens is 673 g/mol. The molecular formula is C45H44N6O3. The van der Waals surface area contributed by atoms with Crippen LogP contribution in [0.1, 0.15) is 78.4 Å². The molecule has 0 saturated heterocycles. The molecule has 2 heterocycles. The molecule has 0 aliphatic carbocycles. The summed E-state index contributed by atoms with van der Waals surface area (Å²) in [7, 11) is 0. The molecule has 0 unspecified atom stereocenters. The standard InChI is InChI=1S/C45H44N6O3/c1-5-18-39-46-40(43(52)54-6-2)41(44(3,4)53)50(39)31-32-27-29-33(30-28-32)37-25-16-17-26-38(37)42-47-48-49-51(42)45(34-19-10-7-11-20-34,35-21-12-8-13-22-35)36-23-14-9-15-24-36/h7-17,19-30,53H,5-6,18,31H2,1-4H3. The van der Waals surface area contributed by atoms with Crippen LogP contribution < -0.4 is 0 Å². The zero-order valence-electron chi connectivity index (χ0n) is 31.1. The summed E-state index contributed by atoms with van der Waals surface area (Å²) >= 11 is 0. The van der Waals surface area contributed by atoms with Crippen molar-refractivity contribution in [3.05, 3.63) is 179 Å². The number of tetrazole rings is 1. The number of carbonyl (C=O) groups is 1. The van der Waals surface area contributed by atoms with Gasteiger partial charge in [0.15, 0.2) is 11.5 Å². The Labute approximate surface area is 315 Å². The third-order valence-corrected chi connectivity index (χ3v) is 9.70. The van der Waals surface area contributed by atoms with Crippen LogP contribution in [0.4, 0.5) is 0 Å². The van der Waals surface area contributed by atoms with E-state index in [1.165, 1.54) is 0 Å². The van der Waals surface area contributed by atoms with Gasteiger partial charge in [-0.15, -0.1) is 5.10 Å². The second-order valence-electron chi connectivity index (χ2n) is 13.8. The van der Waals surface area contributed by atoms with Crippen LogP contribution in [0.5, 0.6) is 0 Å². The van der Waals surface area contributed by atoms with Gasteiger partial charge in [0.2, 0.25) is 0 Å². The van der Waals surface area contributed by atoms with Gasteiger partial charge in [0.25, 0.3) is 0 Å². The van der Waals surface area contributed by atoms with Crippen molar-refractivity contribution >= 4 is 5.97 Å². The largest absolute Gasteiger partial charge is 0.461 e. The Hall–Kier alpha value is -6.19. The average molecular weight is 717 g/mol. The van der Waals surface area contributed by atoms with Crippen molar-refractivity contribution in [1.29, 1.82) is 0 Å². The van der Waals surface area contributed by atoms with Crippen LogP contribution in [0, 0.1) is 0 Å². The minimum Gasteiger partial charge on any atom is -0.461 e. The molecule has 0 aliphatic rings. The zero-order valence-corrected chi connectivity index (χ0v) is 31.1. The predicted octanol–water partition coefficient (Wildman–Crippen LogP) is 8.45. The summed E-state index contributed by atoms with van der Waals surface area (Å²) < 4.78 is 9.24. The number of imidazole rings is 1. The minimum absolute atomic E-state index is 0.161. The molecule has 7 aromatic rings. The van der Waals surface area contributed by atoms with Crippen molar-refractivity contribution in [3.63, 3.8) is 0 Å². The van der Waals surface area contributed by atoms with Gasteiger partial charge in [0.1, 0.15) is 17.0 Å². The molecule has 0 amide bonds. The Morgan fingerprint density at radius 3 is 1.78 bits per heavy atom. The number of rotatable bonds is 13. The molecule has 0 fully saturated rings. The fraction of sp³-hybridized carbons (Fsp3) is 0.222. The van der Waals surface area contributed by atoms with Gasteiger partial charge < -0.3 is 14.4 Å². The predicted molar refractivity (Wildman–Crippen MR) is 210 cm³/mol. The summed E-state index contributed by atoms with van der Waals surface area (Å²) in [6.07, 6.45) is 1.49. The van der Waals surface area contributed by atoms with Gasteiger partial charge >= 0.3 is 5.97 Å². The maximum absolute atomic E-state index is 13.0. The van der Waals surface area contributed by atoms with Crippen LogP contribution in [-0.4, -0.2) is 47.4 Å². The number of aliphatic hydroxyl groups is 1. The highest BCUT2D eigenvalue weighted by atomic mass is 16.5. The molecule has 5 aromatic carbocycles. The Kier molecular flexibility index (Phi) is 10.3. The van der Waals surface area contributed by atoms with Gasteiger partial charge in [-0.1, -0.05) is 146 Å². The normalized spacial score (nSPS) is 11.8. The third kappa shape index (κ3) is 6.74. The van der Waals surface area contributed by atoms with E-state index in [0.29, 0.717) is 24.5 Å². The summed E-state index contributed by atoms with van der Waals surface area (Å²) in [5, 5.41) is 25.0. The smallest absolute Gasteiger partial charge is 0.358 e. The highest BCUT2D eigenvalue weighted by molar-refractivity contribution is 5.89. The monoisotopic (exact) mass is 716 g/mol. The van der Waals surface area contributed by atoms with Crippen LogP contribution in [0.3, 0.4) is 0 Å². The first kappa shape index (κ1) is 36.2. The Balaban J connectivity index is 1.33. The van der Waals surface area contributed by atoms with E-state index in [1.807, 2.05) is 76.0 Å². The fourth-order valence-corrected chi connectivity index (χ4v) is 7.43. The van der Waals surface area contributed by atoms with E-state index >= 15 is 0 Å². The number of aryl methyl sites for hydroxylation is 1. The number of carbonyl (C=O) groups excluding carboxylic acids is 1. The van der Waals surface area contributed by atoms with E-state index in [-0.39, 0.29) is 12.3 Å². The van der Waals surface area contributed by atoms with Crippen LogP contribution in [0.25, 0.3) is 22.5 Å². The molecule has 54 heavy (non-hydrogen) atoms. The zero-order chi connectivity index (χ0) is 37.7. The molecule has 2 aromatic heterocycles. The summed E-state index contributed by atoms with van der Waals surface area (Å²) in [4.78, 5) is 17.7. The molecule has 9 nitrogen and oxygen atoms in total. The third-order valence-electron chi connectivity index (χ3n) is 9.70. The summed E-state index contributed by atoms with van der Waals surface area (Å²) in [5.41, 5.74) is 5.31. The molecule has 0 saturated carbocycles. The van der Waals surface area contributed by atoms with Crippen LogP contribution in [0.2, 0.25) is 0 Å². The van der Waals surface area contributed by atoms with Crippen molar-refractivity contribution in [1.82, 2.24) is 29.8 Å². The first-order valence-electron chi connectivity index (χ1n) is 18.4. The van der Waals surface area contributed by atoms with Crippen LogP contribution >= 0.6 is 0 Å². The van der Waals surface area contributed by atoms with Crippen molar-refractivity contribution in [2.45, 2.75) is 58.2 Å². The van der Waals surface area contributed by atoms with Crippen molar-refractivity contribution < 1.29 is 14.6 Å². The van der Waals surface area contributed by atoms with E-state index in [9.17, 15) is 9.90 Å². The fourth-order valence-electron chi connectivity index (χ4n) is 7.43. The van der Waals surface area contributed by atoms with Gasteiger partial charge in [-0.3, -0.25) is 0 Å². The van der Waals surface area contributed by atoms with Crippen molar-refractivity contribution in [3.8, 4) is 22.5 Å². The number of nitrogens with zero attached hydrogens (tertiary/aromatic N) is 6. The molecule has 0 radical (unpaired) electrons. The van der Waals surface area contributed by atoms with Crippen LogP contribution in [0.15, 0.2) is 140 Å². The quantitative estimate of drug-likeness (QED) is 0.0943. The lowest BCUT2D eigenvalue weighted by atomic mass is 9.77. The molecule has 0 atom stereocenters. The van der Waals surface area contributed by atoms with Gasteiger partial charge in [0.05, 0.1) is 12.3 Å². The number of hydrogen-bond acceptors (Lipinski definition) is 7. The summed E-state index contributed by atoms with van der Waals surface area (Å²) in [5.74, 6) is 0.823. The highest BCUT2D eigenvalue weighted by Gasteiger charge is 2.42. The topological polar surface area (TPSA) is 108 Å². The molecule has 9 heteroatoms. The lowest BCUT2D eigenvalue weighted by Crippen LogP contribution is -2.39. The Morgan fingerprint density at radius 2 is 1.26 bits per heavy atom. The Bertz CT molecular complexity index is 2230. The average Bonchev–Trinajstić information content (AvgIpc) is 3.83. The molecule has 272 valence electrons. The van der Waals surface area contributed by atoms with E-state index < -0.39 is 17.1 Å². The van der Waals surface area contributed by atoms with E-state index in [0.717, 1.165) is 51.2 Å². The van der Waals surface area contributed by atoms with Crippen molar-refractivity contribution in [2.75, 3.05) is 6.61 Å². The second kappa shape index (κ2) is 15.4. The lowest BCUT2D eigenvalue weighted by Gasteiger charge is -2.36. The number of ether oxygens (including phenoxy) is 1. The maximum Gasteiger partial charge on any atom is 0.358 e. The van der Waals surface area contributed by atoms with Crippen molar-refractivity contribution in [2.24, 2.45) is 0 Å². The first-order valence-corrected chi connectivity index (χ1v) is 18.4. The number of benzene rings is 5. The second-order valence-corrected chi connectivity index (χ2v) is 13.8. The molecule has 0 spiro atoms. The summed E-state index contributed by atoms with van der Waals surface area (Å²) in [6, 6.07) is 47.6. The van der Waals surface area contributed by atoms with Gasteiger partial charge in [-0.05, 0) is 71.0 Å². The minimum atomic E-state index is -1.32. The van der Waals surface area contributed by atoms with Gasteiger partial charge in [-0.2, -0.15) is 0 Å². The number of aromatic nitrogens is 6. The highest BCUT2D eigenvalue weighted by Crippen LogP contribution is 2.43. The van der Waals surface area contributed by atoms with E-state index in [1.54, 1.807) is 20.8 Å². The van der Waals surface area contributed by atoms with Gasteiger partial charge in [-0.25, -0.2) is 14.5 Å². The van der Waals surface area contributed by atoms with Gasteiger partial charge in [0, 0.05) is 18.5 Å². The SMILES string of the molecule is CCCc1nc(C(=O)OCC)c(C(C)(C)O)n1Cc1ccc(-c2ccccc2-c2nnnn2C(c2ccccc2)(c2ccccc2)c2ccccc2)cc1.